The molecular formula is C15H21NO4. The fraction of sp³-hybridized carbons (Fsp3) is 0.467. The molecule has 0 saturated carbocycles. The van der Waals surface area contributed by atoms with Crippen LogP contribution in [-0.2, 0) is 21.0 Å². The average Bonchev–Trinajstić information content (AvgIpc) is 2.42. The predicted molar refractivity (Wildman–Crippen MR) is 74.6 cm³/mol. The molecule has 5 nitrogen and oxygen atoms in total. The summed E-state index contributed by atoms with van der Waals surface area (Å²) in [4.78, 5) is 27.5. The zero-order valence-electron chi connectivity index (χ0n) is 11.9. The third kappa shape index (κ3) is 5.84. The number of benzene rings is 1. The van der Waals surface area contributed by atoms with Gasteiger partial charge in [-0.25, -0.2) is 5.06 Å². The van der Waals surface area contributed by atoms with Gasteiger partial charge >= 0.3 is 5.97 Å². The summed E-state index contributed by atoms with van der Waals surface area (Å²) < 4.78 is 0. The fourth-order valence-electron chi connectivity index (χ4n) is 1.90. The van der Waals surface area contributed by atoms with Crippen LogP contribution in [0.3, 0.4) is 0 Å². The fourth-order valence-corrected chi connectivity index (χ4v) is 1.90. The number of nitrogens with zero attached hydrogens (tertiary/aromatic N) is 1. The molecule has 1 amide bonds. The van der Waals surface area contributed by atoms with E-state index in [1.54, 1.807) is 0 Å². The molecule has 1 aromatic carbocycles. The number of carboxylic acid groups (broad SMARTS) is 1. The maximum Gasteiger partial charge on any atom is 0.308 e. The van der Waals surface area contributed by atoms with Crippen molar-refractivity contribution in [1.29, 1.82) is 0 Å². The highest BCUT2D eigenvalue weighted by Crippen LogP contribution is 2.14. The van der Waals surface area contributed by atoms with E-state index in [9.17, 15) is 9.59 Å². The SMILES string of the molecule is CC(C)CC(CN(C=O)OCc1ccccc1)C(=O)O. The van der Waals surface area contributed by atoms with Crippen molar-refractivity contribution >= 4 is 12.4 Å². The predicted octanol–water partition coefficient (Wildman–Crippen LogP) is 2.32. The summed E-state index contributed by atoms with van der Waals surface area (Å²) in [5.74, 6) is -1.27. The van der Waals surface area contributed by atoms with E-state index in [0.717, 1.165) is 10.6 Å². The molecule has 0 radical (unpaired) electrons. The zero-order valence-corrected chi connectivity index (χ0v) is 11.9. The highest BCUT2D eigenvalue weighted by molar-refractivity contribution is 5.70. The topological polar surface area (TPSA) is 66.8 Å². The van der Waals surface area contributed by atoms with Gasteiger partial charge in [-0.2, -0.15) is 0 Å². The molecule has 0 aromatic heterocycles. The van der Waals surface area contributed by atoms with Crippen LogP contribution >= 0.6 is 0 Å². The first kappa shape index (κ1) is 16.2. The van der Waals surface area contributed by atoms with Crippen LogP contribution in [0.25, 0.3) is 0 Å². The second-order valence-corrected chi connectivity index (χ2v) is 5.13. The molecule has 0 aliphatic rings. The molecule has 5 heteroatoms. The minimum absolute atomic E-state index is 0.0594. The Hall–Kier alpha value is -1.88. The first-order chi connectivity index (χ1) is 9.52. The lowest BCUT2D eigenvalue weighted by Crippen LogP contribution is -2.33. The lowest BCUT2D eigenvalue weighted by Gasteiger charge is -2.22. The molecule has 1 rings (SSSR count). The van der Waals surface area contributed by atoms with E-state index in [4.69, 9.17) is 9.94 Å². The molecule has 0 heterocycles. The van der Waals surface area contributed by atoms with E-state index in [0.29, 0.717) is 12.8 Å². The monoisotopic (exact) mass is 279 g/mol. The highest BCUT2D eigenvalue weighted by atomic mass is 16.7. The number of rotatable bonds is 9. The van der Waals surface area contributed by atoms with Crippen LogP contribution in [-0.4, -0.2) is 29.1 Å². The van der Waals surface area contributed by atoms with E-state index in [-0.39, 0.29) is 19.1 Å². The molecule has 20 heavy (non-hydrogen) atoms. The molecule has 110 valence electrons. The van der Waals surface area contributed by atoms with E-state index >= 15 is 0 Å². The Morgan fingerprint density at radius 2 is 2.00 bits per heavy atom. The molecule has 1 aromatic rings. The Bertz CT molecular complexity index is 419. The standard InChI is InChI=1S/C15H21NO4/c1-12(2)8-14(15(18)19)9-16(11-17)20-10-13-6-4-3-5-7-13/h3-7,11-12,14H,8-10H2,1-2H3,(H,18,19). The normalized spacial score (nSPS) is 12.2. The molecule has 1 atom stereocenters. The van der Waals surface area contributed by atoms with Crippen molar-refractivity contribution in [3.8, 4) is 0 Å². The number of hydrogen-bond acceptors (Lipinski definition) is 3. The first-order valence-electron chi connectivity index (χ1n) is 6.64. The van der Waals surface area contributed by atoms with Gasteiger partial charge in [-0.05, 0) is 17.9 Å². The highest BCUT2D eigenvalue weighted by Gasteiger charge is 2.22. The summed E-state index contributed by atoms with van der Waals surface area (Å²) in [5.41, 5.74) is 0.926. The molecular weight excluding hydrogens is 258 g/mol. The largest absolute Gasteiger partial charge is 0.481 e. The first-order valence-corrected chi connectivity index (χ1v) is 6.64. The Kier molecular flexibility index (Phi) is 6.73. The second-order valence-electron chi connectivity index (χ2n) is 5.13. The van der Waals surface area contributed by atoms with E-state index < -0.39 is 11.9 Å². The van der Waals surface area contributed by atoms with Gasteiger partial charge in [0.15, 0.2) is 0 Å². The summed E-state index contributed by atoms with van der Waals surface area (Å²) in [6.07, 6.45) is 1.04. The number of hydroxylamine groups is 2. The molecule has 1 unspecified atom stereocenters. The number of carbonyl (C=O) groups is 2. The van der Waals surface area contributed by atoms with Crippen molar-refractivity contribution < 1.29 is 19.5 Å². The van der Waals surface area contributed by atoms with Crippen molar-refractivity contribution in [1.82, 2.24) is 5.06 Å². The van der Waals surface area contributed by atoms with E-state index in [1.165, 1.54) is 0 Å². The van der Waals surface area contributed by atoms with Crippen molar-refractivity contribution in [3.05, 3.63) is 35.9 Å². The van der Waals surface area contributed by atoms with Crippen molar-refractivity contribution in [2.24, 2.45) is 11.8 Å². The van der Waals surface area contributed by atoms with Gasteiger partial charge < -0.3 is 5.11 Å². The van der Waals surface area contributed by atoms with Crippen LogP contribution in [0.15, 0.2) is 30.3 Å². The quantitative estimate of drug-likeness (QED) is 0.556. The lowest BCUT2D eigenvalue weighted by molar-refractivity contribution is -0.184. The third-order valence-corrected chi connectivity index (χ3v) is 2.86. The van der Waals surface area contributed by atoms with Gasteiger partial charge in [0.25, 0.3) is 0 Å². The van der Waals surface area contributed by atoms with Gasteiger partial charge in [0.05, 0.1) is 12.5 Å². The van der Waals surface area contributed by atoms with Crippen LogP contribution in [0, 0.1) is 11.8 Å². The number of amides is 1. The smallest absolute Gasteiger partial charge is 0.308 e. The van der Waals surface area contributed by atoms with Crippen LogP contribution in [0.4, 0.5) is 0 Å². The zero-order chi connectivity index (χ0) is 15.0. The average molecular weight is 279 g/mol. The number of aliphatic carboxylic acids is 1. The van der Waals surface area contributed by atoms with Gasteiger partial charge in [0, 0.05) is 0 Å². The van der Waals surface area contributed by atoms with Crippen LogP contribution in [0.2, 0.25) is 0 Å². The molecule has 0 saturated heterocycles. The summed E-state index contributed by atoms with van der Waals surface area (Å²) in [7, 11) is 0. The second kappa shape index (κ2) is 8.32. The van der Waals surface area contributed by atoms with Gasteiger partial charge in [-0.1, -0.05) is 44.2 Å². The van der Waals surface area contributed by atoms with Crippen molar-refractivity contribution in [2.75, 3.05) is 6.54 Å². The summed E-state index contributed by atoms with van der Waals surface area (Å²) in [6.45, 7) is 4.20. The van der Waals surface area contributed by atoms with Crippen molar-refractivity contribution in [2.45, 2.75) is 26.9 Å². The van der Waals surface area contributed by atoms with Crippen LogP contribution in [0.1, 0.15) is 25.8 Å². The number of carbonyl (C=O) groups excluding carboxylic acids is 1. The number of hydrogen-bond donors (Lipinski definition) is 1. The summed E-state index contributed by atoms with van der Waals surface area (Å²) in [6, 6.07) is 9.41. The maximum absolute atomic E-state index is 11.2. The molecule has 0 aliphatic heterocycles. The van der Waals surface area contributed by atoms with Gasteiger partial charge in [-0.15, -0.1) is 0 Å². The Labute approximate surface area is 119 Å². The van der Waals surface area contributed by atoms with Crippen LogP contribution < -0.4 is 0 Å². The summed E-state index contributed by atoms with van der Waals surface area (Å²) >= 11 is 0. The molecule has 0 bridgehead atoms. The maximum atomic E-state index is 11.2. The van der Waals surface area contributed by atoms with Gasteiger partial charge in [0.1, 0.15) is 6.61 Å². The van der Waals surface area contributed by atoms with Gasteiger partial charge in [0.2, 0.25) is 6.41 Å². The molecule has 0 spiro atoms. The number of carboxylic acids is 1. The van der Waals surface area contributed by atoms with E-state index in [2.05, 4.69) is 0 Å². The van der Waals surface area contributed by atoms with Gasteiger partial charge in [-0.3, -0.25) is 14.4 Å². The third-order valence-electron chi connectivity index (χ3n) is 2.86. The van der Waals surface area contributed by atoms with E-state index in [1.807, 2.05) is 44.2 Å². The Morgan fingerprint density at radius 3 is 2.50 bits per heavy atom. The minimum Gasteiger partial charge on any atom is -0.481 e. The molecule has 0 aliphatic carbocycles. The van der Waals surface area contributed by atoms with Crippen LogP contribution in [0.5, 0.6) is 0 Å². The Balaban J connectivity index is 2.52. The summed E-state index contributed by atoms with van der Waals surface area (Å²) in [5, 5.41) is 10.2. The lowest BCUT2D eigenvalue weighted by atomic mass is 9.97. The van der Waals surface area contributed by atoms with Crippen molar-refractivity contribution in [3.63, 3.8) is 0 Å². The molecule has 1 N–H and O–H groups in total. The molecule has 0 fully saturated rings. The minimum atomic E-state index is -0.908. The Morgan fingerprint density at radius 1 is 1.35 bits per heavy atom.